The summed E-state index contributed by atoms with van der Waals surface area (Å²) in [4.78, 5) is 0. The third-order valence-corrected chi connectivity index (χ3v) is 3.09. The molecular formula is C11H20. The Kier molecular flexibility index (Phi) is 2.75. The van der Waals surface area contributed by atoms with Gasteiger partial charge in [-0.2, -0.15) is 0 Å². The minimum absolute atomic E-state index is 0.804. The molecule has 0 heteroatoms. The van der Waals surface area contributed by atoms with E-state index >= 15 is 0 Å². The average molecular weight is 152 g/mol. The van der Waals surface area contributed by atoms with Crippen LogP contribution >= 0.6 is 0 Å². The summed E-state index contributed by atoms with van der Waals surface area (Å²) in [5.74, 6) is 2.61. The smallest absolute Gasteiger partial charge is 0.0180 e. The largest absolute Gasteiger partial charge is 0.0999 e. The average Bonchev–Trinajstić information content (AvgIpc) is 1.94. The van der Waals surface area contributed by atoms with Crippen LogP contribution in [0.25, 0.3) is 0 Å². The number of rotatable bonds is 1. The van der Waals surface area contributed by atoms with E-state index in [4.69, 9.17) is 0 Å². The van der Waals surface area contributed by atoms with E-state index < -0.39 is 0 Å². The lowest BCUT2D eigenvalue weighted by Gasteiger charge is -2.33. The number of hydrogen-bond donors (Lipinski definition) is 0. The van der Waals surface area contributed by atoms with Crippen LogP contribution in [0.2, 0.25) is 0 Å². The minimum atomic E-state index is 0.804. The fraction of sp³-hybridized carbons (Fsp3) is 0.818. The molecule has 0 aromatic heterocycles. The summed E-state index contributed by atoms with van der Waals surface area (Å²) in [6.07, 6.45) is 4.19. The standard InChI is InChI=1S/C11H20/c1-8(2)11-7-9(3)5-6-10(11)4/h9-11H,1,5-7H2,2-4H3. The highest BCUT2D eigenvalue weighted by atomic mass is 14.3. The first-order valence-electron chi connectivity index (χ1n) is 4.76. The lowest BCUT2D eigenvalue weighted by Crippen LogP contribution is -2.22. The molecule has 0 aliphatic heterocycles. The van der Waals surface area contributed by atoms with Crippen molar-refractivity contribution in [1.82, 2.24) is 0 Å². The van der Waals surface area contributed by atoms with Crippen molar-refractivity contribution < 1.29 is 0 Å². The van der Waals surface area contributed by atoms with Crippen molar-refractivity contribution in [2.45, 2.75) is 40.0 Å². The molecule has 1 saturated carbocycles. The van der Waals surface area contributed by atoms with Crippen molar-refractivity contribution in [1.29, 1.82) is 0 Å². The van der Waals surface area contributed by atoms with E-state index in [9.17, 15) is 0 Å². The Morgan fingerprint density at radius 1 is 1.27 bits per heavy atom. The van der Waals surface area contributed by atoms with Crippen molar-refractivity contribution in [2.75, 3.05) is 0 Å². The summed E-state index contributed by atoms with van der Waals surface area (Å²) < 4.78 is 0. The first-order valence-corrected chi connectivity index (χ1v) is 4.76. The van der Waals surface area contributed by atoms with Gasteiger partial charge in [0.25, 0.3) is 0 Å². The molecular weight excluding hydrogens is 132 g/mol. The van der Waals surface area contributed by atoms with Crippen LogP contribution in [0.1, 0.15) is 40.0 Å². The maximum atomic E-state index is 4.06. The Labute approximate surface area is 70.7 Å². The maximum absolute atomic E-state index is 4.06. The maximum Gasteiger partial charge on any atom is -0.0180 e. The first kappa shape index (κ1) is 8.83. The van der Waals surface area contributed by atoms with E-state index in [1.807, 2.05) is 0 Å². The Morgan fingerprint density at radius 2 is 1.91 bits per heavy atom. The van der Waals surface area contributed by atoms with Gasteiger partial charge in [0, 0.05) is 0 Å². The zero-order valence-corrected chi connectivity index (χ0v) is 8.06. The van der Waals surface area contributed by atoms with Crippen LogP contribution in [0.3, 0.4) is 0 Å². The van der Waals surface area contributed by atoms with Crippen molar-refractivity contribution in [3.63, 3.8) is 0 Å². The third-order valence-electron chi connectivity index (χ3n) is 3.09. The Morgan fingerprint density at radius 3 is 2.36 bits per heavy atom. The Bertz CT molecular complexity index is 146. The predicted molar refractivity (Wildman–Crippen MR) is 50.5 cm³/mol. The Hall–Kier alpha value is -0.260. The van der Waals surface area contributed by atoms with E-state index in [2.05, 4.69) is 27.4 Å². The van der Waals surface area contributed by atoms with Gasteiger partial charge in [-0.25, -0.2) is 0 Å². The normalized spacial score (nSPS) is 38.6. The minimum Gasteiger partial charge on any atom is -0.0999 e. The van der Waals surface area contributed by atoms with Crippen molar-refractivity contribution >= 4 is 0 Å². The van der Waals surface area contributed by atoms with Gasteiger partial charge in [0.2, 0.25) is 0 Å². The van der Waals surface area contributed by atoms with Crippen LogP contribution in [0.5, 0.6) is 0 Å². The molecule has 0 spiro atoms. The summed E-state index contributed by atoms with van der Waals surface area (Å²) in [7, 11) is 0. The molecule has 1 rings (SSSR count). The van der Waals surface area contributed by atoms with Gasteiger partial charge < -0.3 is 0 Å². The molecule has 1 fully saturated rings. The summed E-state index contributed by atoms with van der Waals surface area (Å²) in [5.41, 5.74) is 1.39. The molecule has 3 atom stereocenters. The molecule has 0 saturated heterocycles. The quantitative estimate of drug-likeness (QED) is 0.503. The van der Waals surface area contributed by atoms with Crippen LogP contribution in [0.4, 0.5) is 0 Å². The topological polar surface area (TPSA) is 0 Å². The first-order chi connectivity index (χ1) is 5.11. The molecule has 0 bridgehead atoms. The number of hydrogen-bond acceptors (Lipinski definition) is 0. The number of allylic oxidation sites excluding steroid dienone is 1. The Balaban J connectivity index is 2.54. The van der Waals surface area contributed by atoms with E-state index in [0.29, 0.717) is 0 Å². The fourth-order valence-corrected chi connectivity index (χ4v) is 2.22. The van der Waals surface area contributed by atoms with E-state index in [0.717, 1.165) is 17.8 Å². The second kappa shape index (κ2) is 3.42. The van der Waals surface area contributed by atoms with E-state index in [1.54, 1.807) is 0 Å². The van der Waals surface area contributed by atoms with Gasteiger partial charge in [0.1, 0.15) is 0 Å². The van der Waals surface area contributed by atoms with Gasteiger partial charge in [0.15, 0.2) is 0 Å². The molecule has 0 aromatic rings. The second-order valence-corrected chi connectivity index (χ2v) is 4.35. The third kappa shape index (κ3) is 2.08. The lowest BCUT2D eigenvalue weighted by molar-refractivity contribution is 0.234. The van der Waals surface area contributed by atoms with Crippen LogP contribution in [-0.4, -0.2) is 0 Å². The van der Waals surface area contributed by atoms with Gasteiger partial charge in [-0.3, -0.25) is 0 Å². The second-order valence-electron chi connectivity index (χ2n) is 4.35. The molecule has 1 aliphatic carbocycles. The highest BCUT2D eigenvalue weighted by molar-refractivity contribution is 5.00. The molecule has 64 valence electrons. The molecule has 3 unspecified atom stereocenters. The SMILES string of the molecule is C=C(C)C1CC(C)CCC1C. The van der Waals surface area contributed by atoms with Gasteiger partial charge in [-0.1, -0.05) is 32.4 Å². The van der Waals surface area contributed by atoms with E-state index in [-0.39, 0.29) is 0 Å². The zero-order chi connectivity index (χ0) is 8.43. The zero-order valence-electron chi connectivity index (χ0n) is 8.06. The molecule has 11 heavy (non-hydrogen) atoms. The fourth-order valence-electron chi connectivity index (χ4n) is 2.22. The summed E-state index contributed by atoms with van der Waals surface area (Å²) >= 11 is 0. The molecule has 0 aromatic carbocycles. The van der Waals surface area contributed by atoms with Gasteiger partial charge in [-0.15, -0.1) is 0 Å². The summed E-state index contributed by atoms with van der Waals surface area (Å²) in [5, 5.41) is 0. The predicted octanol–water partition coefficient (Wildman–Crippen LogP) is 3.63. The van der Waals surface area contributed by atoms with Gasteiger partial charge in [0.05, 0.1) is 0 Å². The van der Waals surface area contributed by atoms with Crippen molar-refractivity contribution in [3.05, 3.63) is 12.2 Å². The summed E-state index contributed by atoms with van der Waals surface area (Å²) in [6, 6.07) is 0. The van der Waals surface area contributed by atoms with Crippen LogP contribution < -0.4 is 0 Å². The highest BCUT2D eigenvalue weighted by Crippen LogP contribution is 2.36. The molecule has 0 N–H and O–H groups in total. The van der Waals surface area contributed by atoms with Gasteiger partial charge in [-0.05, 0) is 37.5 Å². The molecule has 0 radical (unpaired) electrons. The molecule has 0 amide bonds. The van der Waals surface area contributed by atoms with Gasteiger partial charge >= 0.3 is 0 Å². The molecule has 0 heterocycles. The van der Waals surface area contributed by atoms with E-state index in [1.165, 1.54) is 24.8 Å². The molecule has 1 aliphatic rings. The lowest BCUT2D eigenvalue weighted by atomic mass is 9.73. The summed E-state index contributed by atoms with van der Waals surface area (Å²) in [6.45, 7) is 11.0. The van der Waals surface area contributed by atoms with Crippen LogP contribution in [0.15, 0.2) is 12.2 Å². The van der Waals surface area contributed by atoms with Crippen molar-refractivity contribution in [3.8, 4) is 0 Å². The van der Waals surface area contributed by atoms with Crippen LogP contribution in [-0.2, 0) is 0 Å². The van der Waals surface area contributed by atoms with Crippen LogP contribution in [0, 0.1) is 17.8 Å². The molecule has 0 nitrogen and oxygen atoms in total. The highest BCUT2D eigenvalue weighted by Gasteiger charge is 2.25. The van der Waals surface area contributed by atoms with Crippen molar-refractivity contribution in [2.24, 2.45) is 17.8 Å². The monoisotopic (exact) mass is 152 g/mol.